The predicted molar refractivity (Wildman–Crippen MR) is 107 cm³/mol. The van der Waals surface area contributed by atoms with E-state index in [1.807, 2.05) is 30.3 Å². The van der Waals surface area contributed by atoms with Gasteiger partial charge in [0, 0.05) is 6.54 Å². The molecule has 5 N–H and O–H groups in total. The van der Waals surface area contributed by atoms with Crippen LogP contribution in [-0.4, -0.2) is 37.5 Å². The molecule has 6 nitrogen and oxygen atoms in total. The van der Waals surface area contributed by atoms with Crippen LogP contribution in [0.5, 0.6) is 0 Å². The van der Waals surface area contributed by atoms with E-state index in [4.69, 9.17) is 5.73 Å². The van der Waals surface area contributed by atoms with E-state index < -0.39 is 29.6 Å². The summed E-state index contributed by atoms with van der Waals surface area (Å²) in [7, 11) is 1.75. The van der Waals surface area contributed by atoms with Gasteiger partial charge in [-0.25, -0.2) is 8.78 Å². The molecule has 2 aromatic rings. The molecule has 0 saturated carbocycles. The van der Waals surface area contributed by atoms with Gasteiger partial charge in [-0.05, 0) is 49.7 Å². The smallest absolute Gasteiger partial charge is 0.242 e. The Balaban J connectivity index is 1.94. The first-order chi connectivity index (χ1) is 13.9. The Hall–Kier alpha value is -2.84. The topological polar surface area (TPSA) is 96.2 Å². The summed E-state index contributed by atoms with van der Waals surface area (Å²) in [5.74, 6) is -2.82. The number of amides is 2. The highest BCUT2D eigenvalue weighted by atomic mass is 19.2. The number of benzene rings is 2. The summed E-state index contributed by atoms with van der Waals surface area (Å²) in [5.41, 5.74) is 7.24. The van der Waals surface area contributed by atoms with E-state index in [1.165, 1.54) is 6.07 Å². The zero-order chi connectivity index (χ0) is 21.2. The van der Waals surface area contributed by atoms with Crippen LogP contribution in [0, 0.1) is 11.6 Å². The summed E-state index contributed by atoms with van der Waals surface area (Å²) in [6.45, 7) is 0.856. The second-order valence-corrected chi connectivity index (χ2v) is 6.72. The van der Waals surface area contributed by atoms with Gasteiger partial charge in [-0.15, -0.1) is 0 Å². The summed E-state index contributed by atoms with van der Waals surface area (Å²) in [5, 5.41) is 8.39. The number of carbonyl (C=O) groups excluding carboxylic acids is 2. The zero-order valence-electron chi connectivity index (χ0n) is 16.3. The standard InChI is InChI=1S/C21H26F2N4O2/c1-25-10-9-19(21(29)26-13-14-5-3-2-4-6-14)27-20(28)18(24)12-15-7-8-16(22)17(23)11-15/h2-8,11,18-19,25H,9-10,12-13,24H2,1H3,(H,26,29)(H,27,28). The van der Waals surface area contributed by atoms with Crippen molar-refractivity contribution in [2.75, 3.05) is 13.6 Å². The van der Waals surface area contributed by atoms with Crippen molar-refractivity contribution in [3.8, 4) is 0 Å². The quantitative estimate of drug-likeness (QED) is 0.479. The lowest BCUT2D eigenvalue weighted by molar-refractivity contribution is -0.129. The van der Waals surface area contributed by atoms with E-state index in [9.17, 15) is 18.4 Å². The first-order valence-electron chi connectivity index (χ1n) is 9.36. The average molecular weight is 404 g/mol. The third-order valence-corrected chi connectivity index (χ3v) is 4.40. The van der Waals surface area contributed by atoms with Gasteiger partial charge in [0.2, 0.25) is 11.8 Å². The van der Waals surface area contributed by atoms with E-state index in [0.29, 0.717) is 25.1 Å². The fourth-order valence-electron chi connectivity index (χ4n) is 2.76. The Labute approximate surface area is 168 Å². The van der Waals surface area contributed by atoms with Crippen molar-refractivity contribution in [2.24, 2.45) is 5.73 Å². The van der Waals surface area contributed by atoms with Crippen LogP contribution in [0.4, 0.5) is 8.78 Å². The third kappa shape index (κ3) is 7.24. The third-order valence-electron chi connectivity index (χ3n) is 4.40. The molecule has 2 atom stereocenters. The number of nitrogens with two attached hydrogens (primary N) is 1. The lowest BCUT2D eigenvalue weighted by atomic mass is 10.0. The molecule has 0 fully saturated rings. The van der Waals surface area contributed by atoms with Crippen LogP contribution in [0.2, 0.25) is 0 Å². The molecular weight excluding hydrogens is 378 g/mol. The number of rotatable bonds is 10. The van der Waals surface area contributed by atoms with Crippen molar-refractivity contribution >= 4 is 11.8 Å². The zero-order valence-corrected chi connectivity index (χ0v) is 16.3. The molecule has 0 aliphatic rings. The van der Waals surface area contributed by atoms with Crippen LogP contribution in [0.3, 0.4) is 0 Å². The molecule has 2 rings (SSSR count). The van der Waals surface area contributed by atoms with Crippen LogP contribution in [0.25, 0.3) is 0 Å². The molecule has 8 heteroatoms. The molecule has 156 valence electrons. The number of carbonyl (C=O) groups is 2. The maximum atomic E-state index is 13.3. The Morgan fingerprint density at radius 1 is 1.00 bits per heavy atom. The van der Waals surface area contributed by atoms with Crippen LogP contribution in [-0.2, 0) is 22.6 Å². The molecular formula is C21H26F2N4O2. The molecule has 0 heterocycles. The van der Waals surface area contributed by atoms with Crippen molar-refractivity contribution in [1.82, 2.24) is 16.0 Å². The highest BCUT2D eigenvalue weighted by molar-refractivity contribution is 5.89. The molecule has 2 aromatic carbocycles. The average Bonchev–Trinajstić information content (AvgIpc) is 2.72. The van der Waals surface area contributed by atoms with Gasteiger partial charge in [0.05, 0.1) is 6.04 Å². The van der Waals surface area contributed by atoms with Crippen LogP contribution < -0.4 is 21.7 Å². The van der Waals surface area contributed by atoms with Crippen LogP contribution >= 0.6 is 0 Å². The van der Waals surface area contributed by atoms with Crippen molar-refractivity contribution in [1.29, 1.82) is 0 Å². The summed E-state index contributed by atoms with van der Waals surface area (Å²) >= 11 is 0. The van der Waals surface area contributed by atoms with Crippen LogP contribution in [0.1, 0.15) is 17.5 Å². The molecule has 0 radical (unpaired) electrons. The molecule has 2 unspecified atom stereocenters. The van der Waals surface area contributed by atoms with Crippen molar-refractivity contribution in [2.45, 2.75) is 31.5 Å². The van der Waals surface area contributed by atoms with Gasteiger partial charge in [0.1, 0.15) is 6.04 Å². The molecule has 0 saturated heterocycles. The normalized spacial score (nSPS) is 12.8. The summed E-state index contributed by atoms with van der Waals surface area (Å²) in [6, 6.07) is 11.0. The van der Waals surface area contributed by atoms with Gasteiger partial charge in [0.25, 0.3) is 0 Å². The van der Waals surface area contributed by atoms with Crippen molar-refractivity contribution < 1.29 is 18.4 Å². The number of hydrogen-bond acceptors (Lipinski definition) is 4. The SMILES string of the molecule is CNCCC(NC(=O)C(N)Cc1ccc(F)c(F)c1)C(=O)NCc1ccccc1. The highest BCUT2D eigenvalue weighted by Gasteiger charge is 2.23. The fraction of sp³-hybridized carbons (Fsp3) is 0.333. The van der Waals surface area contributed by atoms with E-state index in [2.05, 4.69) is 16.0 Å². The van der Waals surface area contributed by atoms with Crippen molar-refractivity contribution in [3.63, 3.8) is 0 Å². The van der Waals surface area contributed by atoms with E-state index in [1.54, 1.807) is 7.05 Å². The van der Waals surface area contributed by atoms with E-state index >= 15 is 0 Å². The Morgan fingerprint density at radius 3 is 2.38 bits per heavy atom. The highest BCUT2D eigenvalue weighted by Crippen LogP contribution is 2.10. The number of nitrogens with one attached hydrogen (secondary N) is 3. The predicted octanol–water partition coefficient (Wildman–Crippen LogP) is 1.25. The molecule has 0 spiro atoms. The minimum absolute atomic E-state index is 0.0212. The molecule has 0 aliphatic carbocycles. The molecule has 29 heavy (non-hydrogen) atoms. The fourth-order valence-corrected chi connectivity index (χ4v) is 2.76. The summed E-state index contributed by atoms with van der Waals surface area (Å²) < 4.78 is 26.4. The number of hydrogen-bond donors (Lipinski definition) is 4. The van der Waals surface area contributed by atoms with E-state index in [0.717, 1.165) is 17.7 Å². The van der Waals surface area contributed by atoms with Gasteiger partial charge in [-0.3, -0.25) is 9.59 Å². The Bertz CT molecular complexity index is 818. The number of halogens is 2. The lowest BCUT2D eigenvalue weighted by Crippen LogP contribution is -2.52. The van der Waals surface area contributed by atoms with Gasteiger partial charge >= 0.3 is 0 Å². The molecule has 2 amide bonds. The lowest BCUT2D eigenvalue weighted by Gasteiger charge is -2.21. The van der Waals surface area contributed by atoms with Gasteiger partial charge < -0.3 is 21.7 Å². The Kier molecular flexibility index (Phi) is 8.69. The molecule has 0 bridgehead atoms. The van der Waals surface area contributed by atoms with Crippen molar-refractivity contribution in [3.05, 3.63) is 71.3 Å². The summed E-state index contributed by atoms with van der Waals surface area (Å²) in [6.07, 6.45) is 0.397. The minimum Gasteiger partial charge on any atom is -0.350 e. The first kappa shape index (κ1) is 22.4. The monoisotopic (exact) mass is 404 g/mol. The second kappa shape index (κ2) is 11.2. The first-order valence-corrected chi connectivity index (χ1v) is 9.36. The maximum Gasteiger partial charge on any atom is 0.242 e. The molecule has 0 aliphatic heterocycles. The Morgan fingerprint density at radius 2 is 1.72 bits per heavy atom. The maximum absolute atomic E-state index is 13.3. The van der Waals surface area contributed by atoms with Gasteiger partial charge in [0.15, 0.2) is 11.6 Å². The second-order valence-electron chi connectivity index (χ2n) is 6.72. The van der Waals surface area contributed by atoms with Gasteiger partial charge in [-0.2, -0.15) is 0 Å². The van der Waals surface area contributed by atoms with E-state index in [-0.39, 0.29) is 12.3 Å². The molecule has 0 aromatic heterocycles. The van der Waals surface area contributed by atoms with Gasteiger partial charge in [-0.1, -0.05) is 36.4 Å². The summed E-state index contributed by atoms with van der Waals surface area (Å²) in [4.78, 5) is 25.0. The largest absolute Gasteiger partial charge is 0.350 e. The minimum atomic E-state index is -1.00. The van der Waals surface area contributed by atoms with Crippen LogP contribution in [0.15, 0.2) is 48.5 Å².